The maximum absolute atomic E-state index is 10.5. The lowest BCUT2D eigenvalue weighted by Gasteiger charge is -2.44. The van der Waals surface area contributed by atoms with Gasteiger partial charge < -0.3 is 4.74 Å². The zero-order chi connectivity index (χ0) is 13.1. The Bertz CT molecular complexity index is 429. The average Bonchev–Trinajstić information content (AvgIpc) is 2.80. The van der Waals surface area contributed by atoms with Crippen molar-refractivity contribution in [3.63, 3.8) is 0 Å². The van der Waals surface area contributed by atoms with Gasteiger partial charge in [0.1, 0.15) is 12.0 Å². The van der Waals surface area contributed by atoms with E-state index in [-0.39, 0.29) is 0 Å². The lowest BCUT2D eigenvalue weighted by Crippen LogP contribution is -2.53. The summed E-state index contributed by atoms with van der Waals surface area (Å²) in [5, 5.41) is 0. The van der Waals surface area contributed by atoms with E-state index in [1.807, 2.05) is 12.1 Å². The number of hydrogen-bond acceptors (Lipinski definition) is 3. The van der Waals surface area contributed by atoms with Crippen molar-refractivity contribution in [2.24, 2.45) is 5.92 Å². The molecule has 1 saturated carbocycles. The minimum atomic E-state index is 0.695. The lowest BCUT2D eigenvalue weighted by molar-refractivity contribution is 0.0341. The molecule has 1 aromatic rings. The van der Waals surface area contributed by atoms with Crippen LogP contribution in [0.25, 0.3) is 0 Å². The van der Waals surface area contributed by atoms with Crippen LogP contribution in [0.2, 0.25) is 0 Å². The number of hydrogen-bond donors (Lipinski definition) is 0. The van der Waals surface area contributed by atoms with Gasteiger partial charge in [0.25, 0.3) is 0 Å². The molecule has 0 amide bonds. The third-order valence-corrected chi connectivity index (χ3v) is 4.43. The summed E-state index contributed by atoms with van der Waals surface area (Å²) in [4.78, 5) is 13.1. The third-order valence-electron chi connectivity index (χ3n) is 4.43. The molecule has 3 nitrogen and oxygen atoms in total. The third kappa shape index (κ3) is 2.81. The molecule has 0 radical (unpaired) electrons. The number of carbonyl (C=O) groups excluding carboxylic acids is 1. The van der Waals surface area contributed by atoms with E-state index < -0.39 is 0 Å². The molecule has 0 aromatic heterocycles. The number of nitrogens with zero attached hydrogens (tertiary/aromatic N) is 1. The zero-order valence-electron chi connectivity index (χ0n) is 11.3. The van der Waals surface area contributed by atoms with E-state index in [1.54, 1.807) is 12.1 Å². The molecule has 1 aromatic carbocycles. The smallest absolute Gasteiger partial charge is 0.150 e. The van der Waals surface area contributed by atoms with Crippen LogP contribution in [-0.4, -0.2) is 36.9 Å². The van der Waals surface area contributed by atoms with Gasteiger partial charge in [0.2, 0.25) is 0 Å². The fourth-order valence-electron chi connectivity index (χ4n) is 3.37. The molecule has 0 spiro atoms. The Morgan fingerprint density at radius 1 is 1.26 bits per heavy atom. The highest BCUT2D eigenvalue weighted by Gasteiger charge is 2.41. The highest BCUT2D eigenvalue weighted by molar-refractivity contribution is 5.74. The van der Waals surface area contributed by atoms with E-state index in [1.165, 1.54) is 25.8 Å². The van der Waals surface area contributed by atoms with Crippen molar-refractivity contribution < 1.29 is 9.53 Å². The summed E-state index contributed by atoms with van der Waals surface area (Å²) in [5.74, 6) is 1.85. The summed E-state index contributed by atoms with van der Waals surface area (Å²) >= 11 is 0. The van der Waals surface area contributed by atoms with E-state index in [0.29, 0.717) is 5.56 Å². The van der Waals surface area contributed by atoms with Crippen LogP contribution < -0.4 is 4.74 Å². The molecule has 3 rings (SSSR count). The van der Waals surface area contributed by atoms with Gasteiger partial charge in [-0.1, -0.05) is 6.42 Å². The van der Waals surface area contributed by atoms with Gasteiger partial charge >= 0.3 is 0 Å². The average molecular weight is 259 g/mol. The number of benzene rings is 1. The molecular weight excluding hydrogens is 238 g/mol. The summed E-state index contributed by atoms with van der Waals surface area (Å²) in [6.07, 6.45) is 6.20. The van der Waals surface area contributed by atoms with Crippen LogP contribution in [0, 0.1) is 5.92 Å². The first kappa shape index (κ1) is 12.7. The maximum atomic E-state index is 10.5. The molecule has 1 aliphatic carbocycles. The molecule has 1 saturated heterocycles. The molecular formula is C16H21NO2. The van der Waals surface area contributed by atoms with Crippen LogP contribution >= 0.6 is 0 Å². The number of likely N-dealkylation sites (tertiary alicyclic amines) is 1. The van der Waals surface area contributed by atoms with Crippen molar-refractivity contribution in [2.75, 3.05) is 19.7 Å². The van der Waals surface area contributed by atoms with Crippen molar-refractivity contribution in [1.82, 2.24) is 4.90 Å². The molecule has 1 heterocycles. The van der Waals surface area contributed by atoms with Crippen LogP contribution in [0.3, 0.4) is 0 Å². The molecule has 0 bridgehead atoms. The largest absolute Gasteiger partial charge is 0.494 e. The van der Waals surface area contributed by atoms with Crippen molar-refractivity contribution >= 4 is 6.29 Å². The molecule has 2 fully saturated rings. The normalized spacial score (nSPS) is 25.7. The van der Waals surface area contributed by atoms with E-state index >= 15 is 0 Å². The van der Waals surface area contributed by atoms with Gasteiger partial charge in [-0.25, -0.2) is 0 Å². The lowest BCUT2D eigenvalue weighted by atomic mass is 9.92. The predicted octanol–water partition coefficient (Wildman–Crippen LogP) is 2.75. The topological polar surface area (TPSA) is 29.5 Å². The van der Waals surface area contributed by atoms with E-state index in [4.69, 9.17) is 4.74 Å². The fraction of sp³-hybridized carbons (Fsp3) is 0.562. The monoisotopic (exact) mass is 259 g/mol. The number of rotatable bonds is 6. The van der Waals surface area contributed by atoms with Gasteiger partial charge in [0.05, 0.1) is 6.61 Å². The van der Waals surface area contributed by atoms with Crippen molar-refractivity contribution in [3.05, 3.63) is 29.8 Å². The zero-order valence-corrected chi connectivity index (χ0v) is 11.3. The molecule has 2 atom stereocenters. The molecule has 102 valence electrons. The molecule has 2 unspecified atom stereocenters. The molecule has 1 aliphatic heterocycles. The van der Waals surface area contributed by atoms with Crippen molar-refractivity contribution in [1.29, 1.82) is 0 Å². The summed E-state index contributed by atoms with van der Waals surface area (Å²) in [6, 6.07) is 8.19. The maximum Gasteiger partial charge on any atom is 0.150 e. The first-order valence-corrected chi connectivity index (χ1v) is 7.29. The molecule has 2 aliphatic rings. The van der Waals surface area contributed by atoms with Crippen LogP contribution in [0.1, 0.15) is 36.0 Å². The fourth-order valence-corrected chi connectivity index (χ4v) is 3.37. The SMILES string of the molecule is O=Cc1ccc(OCCCN2CC3CCCC32)cc1. The minimum Gasteiger partial charge on any atom is -0.494 e. The second kappa shape index (κ2) is 5.74. The highest BCUT2D eigenvalue weighted by Crippen LogP contribution is 2.38. The van der Waals surface area contributed by atoms with Crippen LogP contribution in [0.4, 0.5) is 0 Å². The quantitative estimate of drug-likeness (QED) is 0.581. The molecule has 3 heteroatoms. The van der Waals surface area contributed by atoms with Gasteiger partial charge in [-0.2, -0.15) is 0 Å². The standard InChI is InChI=1S/C16H21NO2/c18-12-13-5-7-15(8-6-13)19-10-2-9-17-11-14-3-1-4-16(14)17/h5-8,12,14,16H,1-4,9-11H2. The van der Waals surface area contributed by atoms with Gasteiger partial charge in [0.15, 0.2) is 0 Å². The van der Waals surface area contributed by atoms with Gasteiger partial charge in [-0.3, -0.25) is 9.69 Å². The summed E-state index contributed by atoms with van der Waals surface area (Å²) in [7, 11) is 0. The Morgan fingerprint density at radius 2 is 2.11 bits per heavy atom. The highest BCUT2D eigenvalue weighted by atomic mass is 16.5. The van der Waals surface area contributed by atoms with E-state index in [2.05, 4.69) is 4.90 Å². The number of ether oxygens (including phenoxy) is 1. The van der Waals surface area contributed by atoms with Crippen LogP contribution in [0.5, 0.6) is 5.75 Å². The summed E-state index contributed by atoms with van der Waals surface area (Å²) in [5.41, 5.74) is 0.695. The Kier molecular flexibility index (Phi) is 3.83. The van der Waals surface area contributed by atoms with E-state index in [9.17, 15) is 4.79 Å². The minimum absolute atomic E-state index is 0.695. The first-order valence-electron chi connectivity index (χ1n) is 7.29. The molecule has 0 N–H and O–H groups in total. The van der Waals surface area contributed by atoms with Gasteiger partial charge in [-0.05, 0) is 49.4 Å². The van der Waals surface area contributed by atoms with Gasteiger partial charge in [-0.15, -0.1) is 0 Å². The Morgan fingerprint density at radius 3 is 2.84 bits per heavy atom. The Hall–Kier alpha value is -1.35. The second-order valence-electron chi connectivity index (χ2n) is 5.64. The van der Waals surface area contributed by atoms with Crippen molar-refractivity contribution in [3.8, 4) is 5.75 Å². The second-order valence-corrected chi connectivity index (χ2v) is 5.64. The summed E-state index contributed by atoms with van der Waals surface area (Å²) in [6.45, 7) is 3.22. The Balaban J connectivity index is 1.35. The van der Waals surface area contributed by atoms with Gasteiger partial charge in [0, 0.05) is 24.7 Å². The molecule has 19 heavy (non-hydrogen) atoms. The number of fused-ring (bicyclic) bond motifs is 1. The predicted molar refractivity (Wildman–Crippen MR) is 74.6 cm³/mol. The van der Waals surface area contributed by atoms with Crippen molar-refractivity contribution in [2.45, 2.75) is 31.7 Å². The van der Waals surface area contributed by atoms with Crippen LogP contribution in [0.15, 0.2) is 24.3 Å². The number of aldehydes is 1. The first-order chi connectivity index (χ1) is 9.36. The van der Waals surface area contributed by atoms with Crippen LogP contribution in [-0.2, 0) is 0 Å². The Labute approximate surface area is 114 Å². The number of carbonyl (C=O) groups is 1. The van der Waals surface area contributed by atoms with E-state index in [0.717, 1.165) is 43.6 Å². The summed E-state index contributed by atoms with van der Waals surface area (Å²) < 4.78 is 5.69.